The number of likely N-dealkylation sites (tertiary alicyclic amines) is 1. The maximum absolute atomic E-state index is 12.7. The van der Waals surface area contributed by atoms with Crippen LogP contribution in [0.5, 0.6) is 0 Å². The van der Waals surface area contributed by atoms with Crippen molar-refractivity contribution in [2.24, 2.45) is 5.92 Å². The topological polar surface area (TPSA) is 61.8 Å². The van der Waals surface area contributed by atoms with Gasteiger partial charge in [0.05, 0.1) is 25.4 Å². The number of anilines is 1. The maximum Gasteiger partial charge on any atom is 0.322 e. The van der Waals surface area contributed by atoms with Crippen molar-refractivity contribution < 1.29 is 14.6 Å². The lowest BCUT2D eigenvalue weighted by molar-refractivity contribution is 0.0654. The van der Waals surface area contributed by atoms with Gasteiger partial charge in [-0.25, -0.2) is 4.79 Å². The standard InChI is InChI=1S/C19H30N2O3/c1-13(2)24-12-16-8-5-9-17(15(16)4)20-19(23)21-10-6-7-14(3)18(21)11-22/h5,8-9,13-14,18,22H,6-7,10-12H2,1-4H3,(H,20,23). The van der Waals surface area contributed by atoms with E-state index in [1.54, 1.807) is 4.90 Å². The first-order valence-corrected chi connectivity index (χ1v) is 8.82. The number of carbonyl (C=O) groups is 1. The second-order valence-corrected chi connectivity index (χ2v) is 6.94. The van der Waals surface area contributed by atoms with Gasteiger partial charge in [0.2, 0.25) is 0 Å². The predicted molar refractivity (Wildman–Crippen MR) is 96.1 cm³/mol. The summed E-state index contributed by atoms with van der Waals surface area (Å²) in [5.41, 5.74) is 2.91. The Morgan fingerprint density at radius 1 is 1.46 bits per heavy atom. The highest BCUT2D eigenvalue weighted by Crippen LogP contribution is 2.25. The maximum atomic E-state index is 12.7. The number of benzene rings is 1. The minimum Gasteiger partial charge on any atom is -0.394 e. The molecular weight excluding hydrogens is 304 g/mol. The second-order valence-electron chi connectivity index (χ2n) is 6.94. The Labute approximate surface area is 145 Å². The molecule has 0 saturated carbocycles. The summed E-state index contributed by atoms with van der Waals surface area (Å²) in [6.45, 7) is 9.34. The van der Waals surface area contributed by atoms with E-state index in [0.717, 1.165) is 29.7 Å². The molecule has 5 heteroatoms. The smallest absolute Gasteiger partial charge is 0.322 e. The molecule has 1 aromatic rings. The van der Waals surface area contributed by atoms with E-state index in [4.69, 9.17) is 4.74 Å². The normalized spacial score (nSPS) is 21.2. The highest BCUT2D eigenvalue weighted by molar-refractivity contribution is 5.90. The second kappa shape index (κ2) is 8.49. The lowest BCUT2D eigenvalue weighted by Crippen LogP contribution is -2.51. The van der Waals surface area contributed by atoms with Crippen molar-refractivity contribution in [1.29, 1.82) is 0 Å². The van der Waals surface area contributed by atoms with Crippen LogP contribution in [0.3, 0.4) is 0 Å². The molecule has 24 heavy (non-hydrogen) atoms. The van der Waals surface area contributed by atoms with Crippen molar-refractivity contribution in [2.45, 2.75) is 59.3 Å². The van der Waals surface area contributed by atoms with E-state index in [2.05, 4.69) is 12.2 Å². The van der Waals surface area contributed by atoms with E-state index >= 15 is 0 Å². The van der Waals surface area contributed by atoms with Gasteiger partial charge in [0.1, 0.15) is 0 Å². The number of carbonyl (C=O) groups excluding carboxylic acids is 1. The molecule has 0 bridgehead atoms. The third-order valence-electron chi connectivity index (χ3n) is 4.82. The van der Waals surface area contributed by atoms with E-state index < -0.39 is 0 Å². The van der Waals surface area contributed by atoms with Crippen molar-refractivity contribution >= 4 is 11.7 Å². The summed E-state index contributed by atoms with van der Waals surface area (Å²) < 4.78 is 5.68. The van der Waals surface area contributed by atoms with Gasteiger partial charge in [0.25, 0.3) is 0 Å². The highest BCUT2D eigenvalue weighted by Gasteiger charge is 2.31. The number of nitrogens with zero attached hydrogens (tertiary/aromatic N) is 1. The van der Waals surface area contributed by atoms with E-state index in [1.807, 2.05) is 39.0 Å². The van der Waals surface area contributed by atoms with Crippen molar-refractivity contribution in [1.82, 2.24) is 4.90 Å². The number of rotatable bonds is 5. The SMILES string of the molecule is Cc1c(COC(C)C)cccc1NC(=O)N1CCCC(C)C1CO. The fraction of sp³-hybridized carbons (Fsp3) is 0.632. The molecule has 5 nitrogen and oxygen atoms in total. The van der Waals surface area contributed by atoms with Crippen LogP contribution in [0.1, 0.15) is 44.7 Å². The molecule has 1 aliphatic rings. The van der Waals surface area contributed by atoms with Gasteiger partial charge in [-0.05, 0) is 56.7 Å². The van der Waals surface area contributed by atoms with Crippen LogP contribution in [-0.2, 0) is 11.3 Å². The highest BCUT2D eigenvalue weighted by atomic mass is 16.5. The van der Waals surface area contributed by atoms with Crippen molar-refractivity contribution in [3.8, 4) is 0 Å². The van der Waals surface area contributed by atoms with E-state index in [1.165, 1.54) is 0 Å². The average Bonchev–Trinajstić information content (AvgIpc) is 2.55. The molecule has 0 aromatic heterocycles. The van der Waals surface area contributed by atoms with Gasteiger partial charge in [-0.1, -0.05) is 19.1 Å². The molecule has 0 aliphatic carbocycles. The zero-order chi connectivity index (χ0) is 17.7. The van der Waals surface area contributed by atoms with Crippen LogP contribution in [-0.4, -0.2) is 41.3 Å². The van der Waals surface area contributed by atoms with Gasteiger partial charge >= 0.3 is 6.03 Å². The van der Waals surface area contributed by atoms with Gasteiger partial charge in [-0.3, -0.25) is 0 Å². The Hall–Kier alpha value is -1.59. The summed E-state index contributed by atoms with van der Waals surface area (Å²) in [5.74, 6) is 0.321. The van der Waals surface area contributed by atoms with Gasteiger partial charge < -0.3 is 20.1 Å². The lowest BCUT2D eigenvalue weighted by Gasteiger charge is -2.39. The van der Waals surface area contributed by atoms with Gasteiger partial charge in [-0.15, -0.1) is 0 Å². The number of hydrogen-bond acceptors (Lipinski definition) is 3. The Kier molecular flexibility index (Phi) is 6.63. The zero-order valence-electron chi connectivity index (χ0n) is 15.2. The fourth-order valence-electron chi connectivity index (χ4n) is 3.20. The van der Waals surface area contributed by atoms with Crippen LogP contribution in [0.2, 0.25) is 0 Å². The molecule has 1 fully saturated rings. The summed E-state index contributed by atoms with van der Waals surface area (Å²) >= 11 is 0. The van der Waals surface area contributed by atoms with Crippen molar-refractivity contribution in [3.63, 3.8) is 0 Å². The van der Waals surface area contributed by atoms with Gasteiger partial charge in [0, 0.05) is 12.2 Å². The fourth-order valence-corrected chi connectivity index (χ4v) is 3.20. The number of nitrogens with one attached hydrogen (secondary N) is 1. The molecule has 2 N–H and O–H groups in total. The van der Waals surface area contributed by atoms with E-state index in [0.29, 0.717) is 19.1 Å². The van der Waals surface area contributed by atoms with Crippen LogP contribution < -0.4 is 5.32 Å². The molecule has 1 aromatic carbocycles. The average molecular weight is 334 g/mol. The number of aliphatic hydroxyl groups excluding tert-OH is 1. The first kappa shape index (κ1) is 18.7. The number of aliphatic hydroxyl groups is 1. The summed E-state index contributed by atoms with van der Waals surface area (Å²) in [4.78, 5) is 14.5. The van der Waals surface area contributed by atoms with Crippen molar-refractivity contribution in [2.75, 3.05) is 18.5 Å². The summed E-state index contributed by atoms with van der Waals surface area (Å²) in [6, 6.07) is 5.63. The Morgan fingerprint density at radius 3 is 2.88 bits per heavy atom. The first-order chi connectivity index (χ1) is 11.4. The third-order valence-corrected chi connectivity index (χ3v) is 4.82. The molecule has 2 rings (SSSR count). The van der Waals surface area contributed by atoms with Gasteiger partial charge in [0.15, 0.2) is 0 Å². The Balaban J connectivity index is 2.09. The molecule has 1 saturated heterocycles. The molecule has 2 unspecified atom stereocenters. The molecule has 1 heterocycles. The van der Waals surface area contributed by atoms with Crippen molar-refractivity contribution in [3.05, 3.63) is 29.3 Å². The summed E-state index contributed by atoms with van der Waals surface area (Å²) in [5, 5.41) is 12.6. The summed E-state index contributed by atoms with van der Waals surface area (Å²) in [6.07, 6.45) is 2.20. The Bertz CT molecular complexity index is 560. The number of piperidine rings is 1. The van der Waals surface area contributed by atoms with Gasteiger partial charge in [-0.2, -0.15) is 0 Å². The Morgan fingerprint density at radius 2 is 2.21 bits per heavy atom. The minimum absolute atomic E-state index is 0.00976. The van der Waals surface area contributed by atoms with Crippen LogP contribution in [0.15, 0.2) is 18.2 Å². The van der Waals surface area contributed by atoms with Crippen LogP contribution >= 0.6 is 0 Å². The molecule has 0 radical (unpaired) electrons. The predicted octanol–water partition coefficient (Wildman–Crippen LogP) is 3.54. The third kappa shape index (κ3) is 4.48. The molecule has 2 amide bonds. The van der Waals surface area contributed by atoms with E-state index in [-0.39, 0.29) is 24.8 Å². The minimum atomic E-state index is -0.134. The van der Waals surface area contributed by atoms with Crippen LogP contribution in [0.4, 0.5) is 10.5 Å². The molecular formula is C19H30N2O3. The number of amides is 2. The molecule has 1 aliphatic heterocycles. The molecule has 0 spiro atoms. The quantitative estimate of drug-likeness (QED) is 0.866. The number of urea groups is 1. The number of hydrogen-bond donors (Lipinski definition) is 2. The first-order valence-electron chi connectivity index (χ1n) is 8.82. The lowest BCUT2D eigenvalue weighted by atomic mass is 9.91. The number of ether oxygens (including phenoxy) is 1. The largest absolute Gasteiger partial charge is 0.394 e. The molecule has 134 valence electrons. The van der Waals surface area contributed by atoms with E-state index in [9.17, 15) is 9.90 Å². The molecule has 2 atom stereocenters. The zero-order valence-corrected chi connectivity index (χ0v) is 15.2. The van der Waals surface area contributed by atoms with Crippen LogP contribution in [0, 0.1) is 12.8 Å². The monoisotopic (exact) mass is 334 g/mol. The summed E-state index contributed by atoms with van der Waals surface area (Å²) in [7, 11) is 0. The van der Waals surface area contributed by atoms with Crippen LogP contribution in [0.25, 0.3) is 0 Å².